The zero-order valence-electron chi connectivity index (χ0n) is 8.79. The first-order valence-electron chi connectivity index (χ1n) is 5.06. The molecule has 1 fully saturated rings. The van der Waals surface area contributed by atoms with Gasteiger partial charge in [0.1, 0.15) is 12.8 Å². The molecule has 2 atom stereocenters. The lowest BCUT2D eigenvalue weighted by molar-refractivity contribution is -0.0424. The van der Waals surface area contributed by atoms with Crippen molar-refractivity contribution >= 4 is 0 Å². The molecule has 13 heavy (non-hydrogen) atoms. The number of alkyl halides is 1. The monoisotopic (exact) mass is 189 g/mol. The van der Waals surface area contributed by atoms with Crippen molar-refractivity contribution in [3.05, 3.63) is 0 Å². The first-order valence-corrected chi connectivity index (χ1v) is 5.06. The molecule has 78 valence electrons. The lowest BCUT2D eigenvalue weighted by atomic mass is 10.1. The molecule has 0 spiro atoms. The Bertz CT molecular complexity index is 152. The fourth-order valence-corrected chi connectivity index (χ4v) is 1.99. The quantitative estimate of drug-likeness (QED) is 0.669. The Morgan fingerprint density at radius 1 is 1.54 bits per heavy atom. The molecule has 0 N–H and O–H groups in total. The molecule has 3 heteroatoms. The van der Waals surface area contributed by atoms with Crippen molar-refractivity contribution in [2.24, 2.45) is 0 Å². The highest BCUT2D eigenvalue weighted by molar-refractivity contribution is 4.83. The maximum absolute atomic E-state index is 12.7. The minimum atomic E-state index is -0.368. The van der Waals surface area contributed by atoms with Crippen LogP contribution in [0.4, 0.5) is 4.39 Å². The molecule has 0 radical (unpaired) electrons. The molecule has 0 bridgehead atoms. The molecule has 1 aliphatic rings. The number of halogens is 1. The number of hydrogen-bond donors (Lipinski definition) is 0. The Morgan fingerprint density at radius 3 is 2.62 bits per heavy atom. The van der Waals surface area contributed by atoms with Gasteiger partial charge in [0, 0.05) is 6.04 Å². The Kier molecular flexibility index (Phi) is 4.13. The number of hydrogen-bond acceptors (Lipinski definition) is 2. The van der Waals surface area contributed by atoms with Crippen LogP contribution in [0.1, 0.15) is 26.7 Å². The van der Waals surface area contributed by atoms with Gasteiger partial charge < -0.3 is 9.64 Å². The van der Waals surface area contributed by atoms with Gasteiger partial charge in [0.15, 0.2) is 0 Å². The van der Waals surface area contributed by atoms with E-state index in [0.717, 1.165) is 13.0 Å². The van der Waals surface area contributed by atoms with E-state index in [1.54, 1.807) is 0 Å². The number of likely N-dealkylation sites (tertiary alicyclic amines) is 1. The Morgan fingerprint density at radius 2 is 2.23 bits per heavy atom. The molecule has 2 nitrogen and oxygen atoms in total. The van der Waals surface area contributed by atoms with E-state index in [0.29, 0.717) is 0 Å². The van der Waals surface area contributed by atoms with Gasteiger partial charge >= 0.3 is 0 Å². The second-order valence-electron chi connectivity index (χ2n) is 4.07. The molecule has 1 saturated heterocycles. The summed E-state index contributed by atoms with van der Waals surface area (Å²) in [5.74, 6) is 0. The summed E-state index contributed by atoms with van der Waals surface area (Å²) in [6.07, 6.45) is 2.12. The van der Waals surface area contributed by atoms with Crippen LogP contribution >= 0.6 is 0 Å². The summed E-state index contributed by atoms with van der Waals surface area (Å²) in [4.78, 5) is 2.20. The van der Waals surface area contributed by atoms with Crippen LogP contribution in [-0.2, 0) is 4.74 Å². The van der Waals surface area contributed by atoms with E-state index in [1.807, 2.05) is 20.9 Å². The van der Waals surface area contributed by atoms with Crippen molar-refractivity contribution < 1.29 is 9.13 Å². The normalized spacial score (nSPS) is 27.0. The molecule has 1 aliphatic heterocycles. The molecule has 0 aromatic heterocycles. The van der Waals surface area contributed by atoms with E-state index >= 15 is 0 Å². The topological polar surface area (TPSA) is 12.5 Å². The largest absolute Gasteiger partial charge is 0.371 e. The summed E-state index contributed by atoms with van der Waals surface area (Å²) in [6, 6.07) is 0.285. The molecule has 0 aromatic rings. The zero-order valence-corrected chi connectivity index (χ0v) is 8.79. The second kappa shape index (κ2) is 4.91. The fraction of sp³-hybridized carbons (Fsp3) is 1.00. The average molecular weight is 189 g/mol. The Labute approximate surface area is 80.1 Å². The smallest absolute Gasteiger partial charge is 0.117 e. The average Bonchev–Trinajstić information content (AvgIpc) is 2.47. The third-order valence-electron chi connectivity index (χ3n) is 2.61. The standard InChI is InChI=1S/C10H20FNO/c1-8(2)13-10(7-11)9-5-4-6-12(9)3/h8-10H,4-7H2,1-3H3/t9-,10-/m0/s1. The molecule has 1 heterocycles. The Balaban J connectivity index is 2.45. The van der Waals surface area contributed by atoms with Gasteiger partial charge in [0.05, 0.1) is 6.10 Å². The van der Waals surface area contributed by atoms with Crippen LogP contribution in [0.15, 0.2) is 0 Å². The summed E-state index contributed by atoms with van der Waals surface area (Å²) in [5, 5.41) is 0. The molecule has 0 unspecified atom stereocenters. The van der Waals surface area contributed by atoms with Gasteiger partial charge in [-0.05, 0) is 40.3 Å². The van der Waals surface area contributed by atoms with E-state index in [-0.39, 0.29) is 24.9 Å². The van der Waals surface area contributed by atoms with Crippen LogP contribution in [0.5, 0.6) is 0 Å². The van der Waals surface area contributed by atoms with E-state index in [2.05, 4.69) is 4.90 Å². The maximum Gasteiger partial charge on any atom is 0.117 e. The third kappa shape index (κ3) is 2.92. The predicted octanol–water partition coefficient (Wildman–Crippen LogP) is 1.84. The highest BCUT2D eigenvalue weighted by Gasteiger charge is 2.30. The van der Waals surface area contributed by atoms with Crippen molar-refractivity contribution in [1.29, 1.82) is 0 Å². The SMILES string of the molecule is CC(C)O[C@@H](CF)[C@@H]1CCCN1C. The zero-order chi connectivity index (χ0) is 9.84. The van der Waals surface area contributed by atoms with Gasteiger partial charge in [-0.25, -0.2) is 4.39 Å². The lowest BCUT2D eigenvalue weighted by Gasteiger charge is -2.28. The van der Waals surface area contributed by atoms with Crippen LogP contribution < -0.4 is 0 Å². The van der Waals surface area contributed by atoms with Crippen LogP contribution in [0, 0.1) is 0 Å². The van der Waals surface area contributed by atoms with Gasteiger partial charge in [-0.1, -0.05) is 0 Å². The molecule has 0 aliphatic carbocycles. The molecule has 0 aromatic carbocycles. The number of nitrogens with zero attached hydrogens (tertiary/aromatic N) is 1. The molecule has 0 saturated carbocycles. The van der Waals surface area contributed by atoms with Gasteiger partial charge in [-0.2, -0.15) is 0 Å². The van der Waals surface area contributed by atoms with Crippen LogP contribution in [0.2, 0.25) is 0 Å². The number of rotatable bonds is 4. The van der Waals surface area contributed by atoms with Gasteiger partial charge in [0.2, 0.25) is 0 Å². The fourth-order valence-electron chi connectivity index (χ4n) is 1.99. The van der Waals surface area contributed by atoms with E-state index in [4.69, 9.17) is 4.74 Å². The maximum atomic E-state index is 12.7. The van der Waals surface area contributed by atoms with Crippen molar-refractivity contribution in [2.75, 3.05) is 20.3 Å². The van der Waals surface area contributed by atoms with Crippen LogP contribution in [-0.4, -0.2) is 43.4 Å². The molecule has 0 amide bonds. The molecular weight excluding hydrogens is 169 g/mol. The minimum absolute atomic E-state index is 0.120. The minimum Gasteiger partial charge on any atom is -0.371 e. The van der Waals surface area contributed by atoms with Crippen molar-refractivity contribution in [3.8, 4) is 0 Å². The third-order valence-corrected chi connectivity index (χ3v) is 2.61. The second-order valence-corrected chi connectivity index (χ2v) is 4.07. The van der Waals surface area contributed by atoms with Gasteiger partial charge in [-0.3, -0.25) is 0 Å². The van der Waals surface area contributed by atoms with Gasteiger partial charge in [-0.15, -0.1) is 0 Å². The lowest BCUT2D eigenvalue weighted by Crippen LogP contribution is -2.40. The summed E-state index contributed by atoms with van der Waals surface area (Å²) in [6.45, 7) is 4.62. The summed E-state index contributed by atoms with van der Waals surface area (Å²) in [7, 11) is 2.05. The molecular formula is C10H20FNO. The van der Waals surface area contributed by atoms with Crippen molar-refractivity contribution in [3.63, 3.8) is 0 Å². The highest BCUT2D eigenvalue weighted by Crippen LogP contribution is 2.21. The van der Waals surface area contributed by atoms with E-state index in [1.165, 1.54) is 6.42 Å². The predicted molar refractivity (Wildman–Crippen MR) is 51.6 cm³/mol. The summed E-state index contributed by atoms with van der Waals surface area (Å²) in [5.41, 5.74) is 0. The van der Waals surface area contributed by atoms with Crippen molar-refractivity contribution in [2.45, 2.75) is 44.9 Å². The first-order chi connectivity index (χ1) is 6.15. The van der Waals surface area contributed by atoms with Crippen LogP contribution in [0.3, 0.4) is 0 Å². The Hall–Kier alpha value is -0.150. The summed E-state index contributed by atoms with van der Waals surface area (Å²) >= 11 is 0. The van der Waals surface area contributed by atoms with Gasteiger partial charge in [0.25, 0.3) is 0 Å². The van der Waals surface area contributed by atoms with Crippen molar-refractivity contribution in [1.82, 2.24) is 4.90 Å². The number of likely N-dealkylation sites (N-methyl/N-ethyl adjacent to an activating group) is 1. The highest BCUT2D eigenvalue weighted by atomic mass is 19.1. The summed E-state index contributed by atoms with van der Waals surface area (Å²) < 4.78 is 18.2. The number of ether oxygens (including phenoxy) is 1. The van der Waals surface area contributed by atoms with Crippen LogP contribution in [0.25, 0.3) is 0 Å². The van der Waals surface area contributed by atoms with E-state index in [9.17, 15) is 4.39 Å². The first kappa shape index (κ1) is 10.9. The van der Waals surface area contributed by atoms with E-state index < -0.39 is 0 Å². The molecule has 1 rings (SSSR count).